The molecule has 0 spiro atoms. The fourth-order valence-corrected chi connectivity index (χ4v) is 2.72. The highest BCUT2D eigenvalue weighted by Gasteiger charge is 2.23. The average Bonchev–Trinajstić information content (AvgIpc) is 2.69. The molecule has 0 atom stereocenters. The molecular formula is C16H15FN2O2. The van der Waals surface area contributed by atoms with Crippen molar-refractivity contribution in [3.05, 3.63) is 53.5 Å². The van der Waals surface area contributed by atoms with Crippen LogP contribution in [0, 0.1) is 5.82 Å². The van der Waals surface area contributed by atoms with Crippen LogP contribution in [0.25, 0.3) is 0 Å². The summed E-state index contributed by atoms with van der Waals surface area (Å²) in [6.45, 7) is 0.677. The van der Waals surface area contributed by atoms with Crippen LogP contribution < -0.4 is 4.90 Å². The number of aryl methyl sites for hydroxylation is 1. The second-order valence-electron chi connectivity index (χ2n) is 5.07. The van der Waals surface area contributed by atoms with Crippen molar-refractivity contribution in [1.29, 1.82) is 0 Å². The number of aromatic carboxylic acids is 1. The number of aromatic nitrogens is 1. The Labute approximate surface area is 121 Å². The van der Waals surface area contributed by atoms with E-state index in [1.54, 1.807) is 0 Å². The smallest absolute Gasteiger partial charge is 0.339 e. The first-order valence-electron chi connectivity index (χ1n) is 6.91. The van der Waals surface area contributed by atoms with Crippen LogP contribution in [0.3, 0.4) is 0 Å². The number of carbonyl (C=O) groups is 1. The number of benzene rings is 1. The maximum Gasteiger partial charge on any atom is 0.339 e. The quantitative estimate of drug-likeness (QED) is 0.919. The van der Waals surface area contributed by atoms with Crippen molar-refractivity contribution in [2.24, 2.45) is 0 Å². The maximum absolute atomic E-state index is 13.3. The molecule has 1 N–H and O–H groups in total. The van der Waals surface area contributed by atoms with E-state index in [0.29, 0.717) is 12.4 Å². The Balaban J connectivity index is 2.14. The molecule has 108 valence electrons. The summed E-state index contributed by atoms with van der Waals surface area (Å²) in [5.41, 5.74) is 2.01. The molecule has 1 aliphatic rings. The molecule has 0 bridgehead atoms. The Morgan fingerprint density at radius 2 is 2.10 bits per heavy atom. The van der Waals surface area contributed by atoms with Gasteiger partial charge in [-0.25, -0.2) is 14.2 Å². The van der Waals surface area contributed by atoms with Crippen molar-refractivity contribution in [3.8, 4) is 0 Å². The third-order valence-electron chi connectivity index (χ3n) is 3.68. The third-order valence-corrected chi connectivity index (χ3v) is 3.68. The molecule has 1 aromatic heterocycles. The summed E-state index contributed by atoms with van der Waals surface area (Å²) in [6, 6.07) is 8.91. The lowest BCUT2D eigenvalue weighted by molar-refractivity contribution is 0.0696. The monoisotopic (exact) mass is 286 g/mol. The van der Waals surface area contributed by atoms with Crippen LogP contribution >= 0.6 is 0 Å². The summed E-state index contributed by atoms with van der Waals surface area (Å²) in [5, 5.41) is 9.31. The minimum absolute atomic E-state index is 0.105. The molecule has 1 aromatic carbocycles. The van der Waals surface area contributed by atoms with E-state index in [2.05, 4.69) is 4.98 Å². The first-order chi connectivity index (χ1) is 10.2. The van der Waals surface area contributed by atoms with E-state index in [4.69, 9.17) is 0 Å². The lowest BCUT2D eigenvalue weighted by Gasteiger charge is -2.25. The van der Waals surface area contributed by atoms with E-state index < -0.39 is 11.8 Å². The van der Waals surface area contributed by atoms with E-state index in [1.807, 2.05) is 29.2 Å². The van der Waals surface area contributed by atoms with Gasteiger partial charge in [0.1, 0.15) is 17.2 Å². The van der Waals surface area contributed by atoms with Crippen molar-refractivity contribution in [2.45, 2.75) is 19.3 Å². The number of carboxylic acid groups (broad SMARTS) is 1. The molecule has 0 saturated heterocycles. The highest BCUT2D eigenvalue weighted by Crippen LogP contribution is 2.33. The van der Waals surface area contributed by atoms with Crippen molar-refractivity contribution < 1.29 is 14.3 Å². The Bertz CT molecular complexity index is 688. The highest BCUT2D eigenvalue weighted by atomic mass is 19.1. The van der Waals surface area contributed by atoms with Gasteiger partial charge in [-0.2, -0.15) is 0 Å². The van der Waals surface area contributed by atoms with Crippen LogP contribution in [-0.2, 0) is 6.42 Å². The standard InChI is InChI=1S/C16H15FN2O2/c17-12-9-13(16(20)21)15(18-10-12)19-8-4-3-6-11-5-1-2-7-14(11)19/h1-2,5,7,9-10H,3-4,6,8H2,(H,20,21). The number of hydrogen-bond donors (Lipinski definition) is 1. The van der Waals surface area contributed by atoms with Crippen LogP contribution in [0.4, 0.5) is 15.9 Å². The van der Waals surface area contributed by atoms with Gasteiger partial charge in [0.2, 0.25) is 0 Å². The molecule has 21 heavy (non-hydrogen) atoms. The first-order valence-corrected chi connectivity index (χ1v) is 6.91. The summed E-state index contributed by atoms with van der Waals surface area (Å²) < 4.78 is 13.3. The normalized spacial score (nSPS) is 14.4. The van der Waals surface area contributed by atoms with Crippen molar-refractivity contribution in [1.82, 2.24) is 4.98 Å². The first kappa shape index (κ1) is 13.5. The molecule has 0 radical (unpaired) electrons. The highest BCUT2D eigenvalue weighted by molar-refractivity contribution is 5.94. The van der Waals surface area contributed by atoms with Gasteiger partial charge in [-0.05, 0) is 37.0 Å². The Kier molecular flexibility index (Phi) is 3.56. The van der Waals surface area contributed by atoms with E-state index in [1.165, 1.54) is 0 Å². The number of carboxylic acids is 1. The molecular weight excluding hydrogens is 271 g/mol. The van der Waals surface area contributed by atoms with Crippen LogP contribution in [0.1, 0.15) is 28.8 Å². The summed E-state index contributed by atoms with van der Waals surface area (Å²) in [7, 11) is 0. The van der Waals surface area contributed by atoms with E-state index in [9.17, 15) is 14.3 Å². The number of fused-ring (bicyclic) bond motifs is 1. The number of para-hydroxylation sites is 1. The van der Waals surface area contributed by atoms with E-state index >= 15 is 0 Å². The van der Waals surface area contributed by atoms with Gasteiger partial charge in [-0.1, -0.05) is 18.2 Å². The fourth-order valence-electron chi connectivity index (χ4n) is 2.72. The number of halogens is 1. The average molecular weight is 286 g/mol. The Hall–Kier alpha value is -2.43. The Morgan fingerprint density at radius 3 is 2.90 bits per heavy atom. The number of anilines is 2. The molecule has 0 fully saturated rings. The second-order valence-corrected chi connectivity index (χ2v) is 5.07. The lowest BCUT2D eigenvalue weighted by Crippen LogP contribution is -2.22. The van der Waals surface area contributed by atoms with Gasteiger partial charge in [-0.15, -0.1) is 0 Å². The van der Waals surface area contributed by atoms with Crippen LogP contribution in [0.15, 0.2) is 36.5 Å². The third kappa shape index (κ3) is 2.59. The molecule has 5 heteroatoms. The predicted octanol–water partition coefficient (Wildman–Crippen LogP) is 3.39. The summed E-state index contributed by atoms with van der Waals surface area (Å²) in [6.07, 6.45) is 4.00. The molecule has 0 amide bonds. The molecule has 0 unspecified atom stereocenters. The zero-order valence-corrected chi connectivity index (χ0v) is 11.4. The molecule has 0 saturated carbocycles. The number of pyridine rings is 1. The van der Waals surface area contributed by atoms with Crippen LogP contribution in [0.2, 0.25) is 0 Å². The SMILES string of the molecule is O=C(O)c1cc(F)cnc1N1CCCCc2ccccc21. The van der Waals surface area contributed by atoms with Gasteiger partial charge in [0.25, 0.3) is 0 Å². The summed E-state index contributed by atoms with van der Waals surface area (Å²) >= 11 is 0. The summed E-state index contributed by atoms with van der Waals surface area (Å²) in [5.74, 6) is -1.50. The fraction of sp³-hybridized carbons (Fsp3) is 0.250. The Morgan fingerprint density at radius 1 is 1.29 bits per heavy atom. The molecule has 4 nitrogen and oxygen atoms in total. The van der Waals surface area contributed by atoms with Gasteiger partial charge in [0, 0.05) is 12.2 Å². The topological polar surface area (TPSA) is 53.4 Å². The maximum atomic E-state index is 13.3. The lowest BCUT2D eigenvalue weighted by atomic mass is 10.1. The van der Waals surface area contributed by atoms with Gasteiger partial charge in [-0.3, -0.25) is 0 Å². The van der Waals surface area contributed by atoms with Crippen molar-refractivity contribution >= 4 is 17.5 Å². The molecule has 1 aliphatic heterocycles. The van der Waals surface area contributed by atoms with Crippen LogP contribution in [-0.4, -0.2) is 22.6 Å². The predicted molar refractivity (Wildman–Crippen MR) is 77.5 cm³/mol. The van der Waals surface area contributed by atoms with Gasteiger partial charge in [0.15, 0.2) is 0 Å². The van der Waals surface area contributed by atoms with Gasteiger partial charge in [0.05, 0.1) is 6.20 Å². The van der Waals surface area contributed by atoms with Crippen LogP contribution in [0.5, 0.6) is 0 Å². The van der Waals surface area contributed by atoms with Crippen molar-refractivity contribution in [3.63, 3.8) is 0 Å². The minimum atomic E-state index is -1.17. The molecule has 0 aliphatic carbocycles. The number of rotatable bonds is 2. The van der Waals surface area contributed by atoms with E-state index in [-0.39, 0.29) is 5.56 Å². The largest absolute Gasteiger partial charge is 0.478 e. The van der Waals surface area contributed by atoms with E-state index in [0.717, 1.165) is 42.8 Å². The zero-order valence-electron chi connectivity index (χ0n) is 11.4. The molecule has 2 heterocycles. The summed E-state index contributed by atoms with van der Waals surface area (Å²) in [4.78, 5) is 17.3. The zero-order chi connectivity index (χ0) is 14.8. The van der Waals surface area contributed by atoms with Crippen molar-refractivity contribution in [2.75, 3.05) is 11.4 Å². The van der Waals surface area contributed by atoms with Gasteiger partial charge < -0.3 is 10.0 Å². The number of nitrogens with zero attached hydrogens (tertiary/aromatic N) is 2. The van der Waals surface area contributed by atoms with Gasteiger partial charge >= 0.3 is 5.97 Å². The molecule has 3 rings (SSSR count). The number of hydrogen-bond acceptors (Lipinski definition) is 3. The molecule has 2 aromatic rings. The second kappa shape index (κ2) is 5.52. The minimum Gasteiger partial charge on any atom is -0.478 e.